The Morgan fingerprint density at radius 2 is 1.29 bits per heavy atom. The van der Waals surface area contributed by atoms with Crippen LogP contribution in [0.2, 0.25) is 0 Å². The van der Waals surface area contributed by atoms with Gasteiger partial charge in [0.15, 0.2) is 0 Å². The fourth-order valence-corrected chi connectivity index (χ4v) is 9.31. The van der Waals surface area contributed by atoms with Crippen LogP contribution in [0, 0.1) is 40.4 Å². The zero-order valence-electron chi connectivity index (χ0n) is 22.1. The molecule has 0 aromatic rings. The summed E-state index contributed by atoms with van der Waals surface area (Å²) in [7, 11) is 14.6. The molecule has 4 saturated carbocycles. The molecule has 0 heterocycles. The zero-order valence-corrected chi connectivity index (χ0v) is 26.4. The highest BCUT2D eigenvalue weighted by atomic mass is 127. The van der Waals surface area contributed by atoms with E-state index in [1.165, 1.54) is 55.8 Å². The highest BCUT2D eigenvalue weighted by Crippen LogP contribution is 2.68. The molecule has 0 aromatic carbocycles. The lowest BCUT2D eigenvalue weighted by Gasteiger charge is -2.62. The molecule has 31 heavy (non-hydrogen) atoms. The summed E-state index contributed by atoms with van der Waals surface area (Å²) in [6.45, 7) is 8.01. The van der Waals surface area contributed by atoms with Gasteiger partial charge in [-0.15, -0.1) is 0 Å². The van der Waals surface area contributed by atoms with Crippen LogP contribution in [0.25, 0.3) is 0 Å². The average Bonchev–Trinajstić information content (AvgIpc) is 2.95. The van der Waals surface area contributed by atoms with E-state index in [1.807, 2.05) is 0 Å². The molecule has 0 amide bonds. The SMILES string of the molecule is C[C@@H](C1CC[C@H]2[C@@H]3CC[C@H]4C[C@@H]([N+](C)(C)C)CC[C@]4(C)[C@H]3CC[C@]12C)[N+](C)(C)C.[I-].[I-]. The Balaban J connectivity index is 0.00000171. The van der Waals surface area contributed by atoms with Gasteiger partial charge in [0.05, 0.1) is 54.4 Å². The summed E-state index contributed by atoms with van der Waals surface area (Å²) in [5.41, 5.74) is 1.24. The first-order valence-electron chi connectivity index (χ1n) is 12.9. The van der Waals surface area contributed by atoms with Crippen molar-refractivity contribution in [3.05, 3.63) is 0 Å². The maximum absolute atomic E-state index is 2.74. The van der Waals surface area contributed by atoms with Crippen LogP contribution in [0.3, 0.4) is 0 Å². The van der Waals surface area contributed by atoms with Crippen LogP contribution in [-0.2, 0) is 0 Å². The van der Waals surface area contributed by atoms with E-state index in [4.69, 9.17) is 0 Å². The molecular weight excluding hydrogens is 606 g/mol. The highest BCUT2D eigenvalue weighted by molar-refractivity contribution is 5.10. The fraction of sp³-hybridized carbons (Fsp3) is 1.00. The first kappa shape index (κ1) is 28.6. The van der Waals surface area contributed by atoms with Gasteiger partial charge in [-0.2, -0.15) is 0 Å². The van der Waals surface area contributed by atoms with E-state index in [1.54, 1.807) is 6.42 Å². The summed E-state index contributed by atoms with van der Waals surface area (Å²) in [5.74, 6) is 4.97. The predicted octanol–water partition coefficient (Wildman–Crippen LogP) is -0.177. The molecule has 2 nitrogen and oxygen atoms in total. The summed E-state index contributed by atoms with van der Waals surface area (Å²) >= 11 is 0. The van der Waals surface area contributed by atoms with Crippen molar-refractivity contribution in [3.8, 4) is 0 Å². The molecule has 0 aromatic heterocycles. The number of hydrogen-bond acceptors (Lipinski definition) is 0. The molecule has 4 fully saturated rings. The third-order valence-electron chi connectivity index (χ3n) is 11.6. The van der Waals surface area contributed by atoms with Crippen LogP contribution in [-0.4, -0.2) is 63.3 Å². The Bertz CT molecular complexity index is 624. The van der Waals surface area contributed by atoms with Gasteiger partial charge in [-0.3, -0.25) is 0 Å². The summed E-state index contributed by atoms with van der Waals surface area (Å²) in [6.07, 6.45) is 13.6. The van der Waals surface area contributed by atoms with Crippen molar-refractivity contribution in [3.63, 3.8) is 0 Å². The van der Waals surface area contributed by atoms with E-state index in [0.29, 0.717) is 10.8 Å². The maximum atomic E-state index is 2.74. The standard InChI is InChI=1S/C27H52N2.2HI/c1-19(28(4,5)6)23-12-13-24-22-11-10-20-18-21(29(7,8)9)14-16-26(20,2)25(22)15-17-27(23,24)3;;/h19-25H,10-18H2,1-9H3;2*1H/q+2;;/p-2/t19-,20-,21-,22-,23?,24-,25-,26-,27+;;/m0../s1. The van der Waals surface area contributed by atoms with E-state index in [9.17, 15) is 0 Å². The Labute approximate surface area is 228 Å². The van der Waals surface area contributed by atoms with Gasteiger partial charge < -0.3 is 56.9 Å². The van der Waals surface area contributed by atoms with Crippen molar-refractivity contribution in [2.24, 2.45) is 40.4 Å². The van der Waals surface area contributed by atoms with Crippen molar-refractivity contribution in [2.45, 2.75) is 90.6 Å². The van der Waals surface area contributed by atoms with E-state index >= 15 is 0 Å². The van der Waals surface area contributed by atoms with Crippen LogP contribution < -0.4 is 48.0 Å². The van der Waals surface area contributed by atoms with Crippen LogP contribution in [0.4, 0.5) is 0 Å². The van der Waals surface area contributed by atoms with Crippen molar-refractivity contribution in [1.82, 2.24) is 0 Å². The van der Waals surface area contributed by atoms with E-state index in [2.05, 4.69) is 63.1 Å². The van der Waals surface area contributed by atoms with Gasteiger partial charge in [-0.1, -0.05) is 13.8 Å². The summed E-state index contributed by atoms with van der Waals surface area (Å²) in [4.78, 5) is 0. The number of halogens is 2. The van der Waals surface area contributed by atoms with Gasteiger partial charge >= 0.3 is 0 Å². The van der Waals surface area contributed by atoms with Gasteiger partial charge in [0.1, 0.15) is 0 Å². The van der Waals surface area contributed by atoms with Crippen molar-refractivity contribution in [2.75, 3.05) is 42.3 Å². The quantitative estimate of drug-likeness (QED) is 0.292. The molecule has 184 valence electrons. The normalized spacial score (nSPS) is 46.0. The number of rotatable bonds is 3. The summed E-state index contributed by atoms with van der Waals surface area (Å²) in [5, 5.41) is 0. The molecule has 4 heteroatoms. The molecular formula is C27H52I2N2. The topological polar surface area (TPSA) is 0 Å². The number of nitrogens with zero attached hydrogens (tertiary/aromatic N) is 2. The first-order chi connectivity index (χ1) is 13.3. The molecule has 0 saturated heterocycles. The van der Waals surface area contributed by atoms with Gasteiger partial charge in [0.2, 0.25) is 0 Å². The monoisotopic (exact) mass is 658 g/mol. The van der Waals surface area contributed by atoms with Crippen LogP contribution in [0.1, 0.15) is 78.6 Å². The van der Waals surface area contributed by atoms with Crippen LogP contribution in [0.15, 0.2) is 0 Å². The second-order valence-electron chi connectivity index (χ2n) is 14.3. The van der Waals surface area contributed by atoms with E-state index in [0.717, 1.165) is 46.2 Å². The Morgan fingerprint density at radius 3 is 1.87 bits per heavy atom. The molecule has 4 rings (SSSR count). The van der Waals surface area contributed by atoms with Crippen LogP contribution in [0.5, 0.6) is 0 Å². The molecule has 9 atom stereocenters. The van der Waals surface area contributed by atoms with Crippen molar-refractivity contribution < 1.29 is 56.9 Å². The predicted molar refractivity (Wildman–Crippen MR) is 125 cm³/mol. The molecule has 0 radical (unpaired) electrons. The lowest BCUT2D eigenvalue weighted by molar-refractivity contribution is -0.899. The Morgan fingerprint density at radius 1 is 0.710 bits per heavy atom. The maximum Gasteiger partial charge on any atom is 0.0889 e. The third-order valence-corrected chi connectivity index (χ3v) is 11.6. The molecule has 4 aliphatic carbocycles. The van der Waals surface area contributed by atoms with Crippen LogP contribution >= 0.6 is 0 Å². The Hall–Kier alpha value is 1.38. The van der Waals surface area contributed by atoms with Crippen molar-refractivity contribution in [1.29, 1.82) is 0 Å². The lowest BCUT2D eigenvalue weighted by Crippen LogP contribution is -3.00. The summed E-state index contributed by atoms with van der Waals surface area (Å²) in [6, 6.07) is 1.67. The minimum atomic E-state index is 0. The number of quaternary nitrogens is 2. The fourth-order valence-electron chi connectivity index (χ4n) is 9.31. The molecule has 4 aliphatic rings. The van der Waals surface area contributed by atoms with Gasteiger partial charge in [-0.05, 0) is 92.8 Å². The third kappa shape index (κ3) is 4.77. The second-order valence-corrected chi connectivity index (χ2v) is 14.3. The molecule has 0 N–H and O–H groups in total. The number of hydrogen-bond donors (Lipinski definition) is 0. The lowest BCUT2D eigenvalue weighted by atomic mass is 9.44. The number of fused-ring (bicyclic) bond motifs is 5. The van der Waals surface area contributed by atoms with E-state index in [-0.39, 0.29) is 48.0 Å². The van der Waals surface area contributed by atoms with E-state index < -0.39 is 0 Å². The van der Waals surface area contributed by atoms with Gasteiger partial charge in [0.25, 0.3) is 0 Å². The summed E-state index contributed by atoms with van der Waals surface area (Å²) < 4.78 is 2.30. The minimum Gasteiger partial charge on any atom is -1.00 e. The van der Waals surface area contributed by atoms with Crippen molar-refractivity contribution >= 4 is 0 Å². The second kappa shape index (κ2) is 9.44. The molecule has 0 aliphatic heterocycles. The largest absolute Gasteiger partial charge is 1.00 e. The average molecular weight is 659 g/mol. The minimum absolute atomic E-state index is 0. The van der Waals surface area contributed by atoms with Gasteiger partial charge in [0, 0.05) is 12.3 Å². The smallest absolute Gasteiger partial charge is 0.0889 e. The zero-order chi connectivity index (χ0) is 21.4. The Kier molecular flexibility index (Phi) is 8.72. The molecule has 1 unspecified atom stereocenters. The highest BCUT2D eigenvalue weighted by Gasteiger charge is 2.62. The first-order valence-corrected chi connectivity index (χ1v) is 12.9. The van der Waals surface area contributed by atoms with Gasteiger partial charge in [-0.25, -0.2) is 0 Å². The molecule has 0 spiro atoms. The molecule has 0 bridgehead atoms.